The van der Waals surface area contributed by atoms with Crippen LogP contribution in [0.2, 0.25) is 0 Å². The first-order valence-corrected chi connectivity index (χ1v) is 11.0. The summed E-state index contributed by atoms with van der Waals surface area (Å²) >= 11 is 1.57. The fourth-order valence-corrected chi connectivity index (χ4v) is 4.49. The summed E-state index contributed by atoms with van der Waals surface area (Å²) in [6, 6.07) is 8.11. The minimum absolute atomic E-state index is 0. The number of fused-ring (bicyclic) bond motifs is 1. The summed E-state index contributed by atoms with van der Waals surface area (Å²) in [5.41, 5.74) is 2.67. The number of nitrogens with zero attached hydrogens (tertiary/aromatic N) is 5. The SMILES string of the molecule is CCc1ccc2nc(N(CCN3CCOCC3)C(=O)c3ccn(CC)n3)sc2c1.Cl. The first kappa shape index (κ1) is 22.7. The van der Waals surface area contributed by atoms with E-state index in [1.165, 1.54) is 5.56 Å². The summed E-state index contributed by atoms with van der Waals surface area (Å²) in [4.78, 5) is 22.2. The van der Waals surface area contributed by atoms with E-state index in [0.717, 1.165) is 61.2 Å². The van der Waals surface area contributed by atoms with E-state index >= 15 is 0 Å². The molecule has 1 aliphatic rings. The van der Waals surface area contributed by atoms with E-state index in [1.54, 1.807) is 27.0 Å². The van der Waals surface area contributed by atoms with Crippen molar-refractivity contribution in [3.05, 3.63) is 41.7 Å². The number of benzene rings is 1. The highest BCUT2D eigenvalue weighted by molar-refractivity contribution is 7.22. The summed E-state index contributed by atoms with van der Waals surface area (Å²) in [5.74, 6) is -0.0970. The molecule has 1 aliphatic heterocycles. The van der Waals surface area contributed by atoms with Crippen molar-refractivity contribution in [2.24, 2.45) is 0 Å². The summed E-state index contributed by atoms with van der Waals surface area (Å²) < 4.78 is 8.33. The highest BCUT2D eigenvalue weighted by Crippen LogP contribution is 2.30. The predicted octanol–water partition coefficient (Wildman–Crippen LogP) is 3.48. The van der Waals surface area contributed by atoms with E-state index in [1.807, 2.05) is 19.2 Å². The number of carbonyl (C=O) groups is 1. The van der Waals surface area contributed by atoms with Gasteiger partial charge in [-0.3, -0.25) is 19.3 Å². The molecule has 30 heavy (non-hydrogen) atoms. The third kappa shape index (κ3) is 5.00. The van der Waals surface area contributed by atoms with Crippen LogP contribution in [0, 0.1) is 0 Å². The highest BCUT2D eigenvalue weighted by atomic mass is 35.5. The van der Waals surface area contributed by atoms with Crippen molar-refractivity contribution in [1.82, 2.24) is 19.7 Å². The lowest BCUT2D eigenvalue weighted by Gasteiger charge is -2.29. The number of anilines is 1. The van der Waals surface area contributed by atoms with Crippen LogP contribution in [0.25, 0.3) is 10.2 Å². The normalized spacial score (nSPS) is 14.6. The van der Waals surface area contributed by atoms with Crippen LogP contribution < -0.4 is 4.90 Å². The Labute approximate surface area is 187 Å². The number of ether oxygens (including phenoxy) is 1. The van der Waals surface area contributed by atoms with E-state index in [2.05, 4.69) is 29.1 Å². The third-order valence-corrected chi connectivity index (χ3v) is 6.29. The fraction of sp³-hybridized carbons (Fsp3) is 0.476. The van der Waals surface area contributed by atoms with Gasteiger partial charge in [0.05, 0.1) is 23.4 Å². The molecule has 1 fully saturated rings. The number of amides is 1. The number of aromatic nitrogens is 3. The molecule has 3 heterocycles. The zero-order valence-electron chi connectivity index (χ0n) is 17.4. The topological polar surface area (TPSA) is 63.5 Å². The van der Waals surface area contributed by atoms with Crippen LogP contribution in [-0.2, 0) is 17.7 Å². The molecule has 9 heteroatoms. The molecule has 0 N–H and O–H groups in total. The second-order valence-corrected chi connectivity index (χ2v) is 8.13. The van der Waals surface area contributed by atoms with Gasteiger partial charge in [-0.2, -0.15) is 5.10 Å². The molecule has 1 amide bonds. The third-order valence-electron chi connectivity index (χ3n) is 5.25. The Morgan fingerprint density at radius 3 is 2.73 bits per heavy atom. The Bertz CT molecular complexity index is 983. The van der Waals surface area contributed by atoms with Gasteiger partial charge in [-0.05, 0) is 37.1 Å². The van der Waals surface area contributed by atoms with Gasteiger partial charge in [0.2, 0.25) is 0 Å². The highest BCUT2D eigenvalue weighted by Gasteiger charge is 2.24. The first-order valence-electron chi connectivity index (χ1n) is 10.2. The van der Waals surface area contributed by atoms with E-state index in [-0.39, 0.29) is 18.3 Å². The molecule has 0 saturated carbocycles. The number of rotatable bonds is 7. The number of aryl methyl sites for hydroxylation is 2. The molecule has 1 aromatic carbocycles. The molecule has 2 aromatic heterocycles. The number of thiazole rings is 1. The van der Waals surface area contributed by atoms with Crippen molar-refractivity contribution in [1.29, 1.82) is 0 Å². The smallest absolute Gasteiger partial charge is 0.280 e. The van der Waals surface area contributed by atoms with Crippen molar-refractivity contribution >= 4 is 45.0 Å². The number of morpholine rings is 1. The average Bonchev–Trinajstić information content (AvgIpc) is 3.41. The van der Waals surface area contributed by atoms with E-state index in [9.17, 15) is 4.79 Å². The van der Waals surface area contributed by atoms with Gasteiger partial charge >= 0.3 is 0 Å². The van der Waals surface area contributed by atoms with Crippen molar-refractivity contribution in [3.8, 4) is 0 Å². The zero-order chi connectivity index (χ0) is 20.2. The Hall–Kier alpha value is -2.00. The standard InChI is InChI=1S/C21H27N5O2S.ClH/c1-3-16-5-6-17-19(15-16)29-21(22-17)26(10-9-24-11-13-28-14-12-24)20(27)18-7-8-25(4-2)23-18;/h5-8,15H,3-4,9-14H2,1-2H3;1H. The van der Waals surface area contributed by atoms with Gasteiger partial charge in [-0.15, -0.1) is 12.4 Å². The van der Waals surface area contributed by atoms with Gasteiger partial charge in [-0.25, -0.2) is 4.98 Å². The molecule has 1 saturated heterocycles. The molecule has 0 radical (unpaired) electrons. The van der Waals surface area contributed by atoms with Gasteiger partial charge < -0.3 is 4.74 Å². The lowest BCUT2D eigenvalue weighted by molar-refractivity contribution is 0.0391. The van der Waals surface area contributed by atoms with Gasteiger partial charge in [0.15, 0.2) is 10.8 Å². The van der Waals surface area contributed by atoms with Crippen molar-refractivity contribution in [3.63, 3.8) is 0 Å². The minimum atomic E-state index is -0.0970. The summed E-state index contributed by atoms with van der Waals surface area (Å²) in [5, 5.41) is 5.15. The quantitative estimate of drug-likeness (QED) is 0.552. The van der Waals surface area contributed by atoms with E-state index < -0.39 is 0 Å². The largest absolute Gasteiger partial charge is 0.379 e. The van der Waals surface area contributed by atoms with Gasteiger partial charge in [0.25, 0.3) is 5.91 Å². The van der Waals surface area contributed by atoms with Crippen LogP contribution in [-0.4, -0.2) is 65.0 Å². The second-order valence-electron chi connectivity index (χ2n) is 7.12. The summed E-state index contributed by atoms with van der Waals surface area (Å²) in [6.45, 7) is 9.55. The van der Waals surface area contributed by atoms with Crippen LogP contribution in [0.5, 0.6) is 0 Å². The van der Waals surface area contributed by atoms with E-state index in [0.29, 0.717) is 12.2 Å². The Kier molecular flexibility index (Phi) is 7.82. The molecule has 0 bridgehead atoms. The molecule has 162 valence electrons. The summed E-state index contributed by atoms with van der Waals surface area (Å²) in [7, 11) is 0. The number of hydrogen-bond donors (Lipinski definition) is 0. The Morgan fingerprint density at radius 2 is 2.03 bits per heavy atom. The molecule has 4 rings (SSSR count). The van der Waals surface area contributed by atoms with Crippen molar-refractivity contribution in [2.45, 2.75) is 26.8 Å². The molecular formula is C21H28ClN5O2S. The minimum Gasteiger partial charge on any atom is -0.379 e. The Balaban J connectivity index is 0.00000256. The van der Waals surface area contributed by atoms with Crippen molar-refractivity contribution < 1.29 is 9.53 Å². The lowest BCUT2D eigenvalue weighted by atomic mass is 10.2. The average molecular weight is 450 g/mol. The maximum Gasteiger partial charge on any atom is 0.280 e. The summed E-state index contributed by atoms with van der Waals surface area (Å²) in [6.07, 6.45) is 2.83. The predicted molar refractivity (Wildman–Crippen MR) is 123 cm³/mol. The molecular weight excluding hydrogens is 422 g/mol. The molecule has 0 aliphatic carbocycles. The van der Waals surface area contributed by atoms with Crippen LogP contribution in [0.3, 0.4) is 0 Å². The van der Waals surface area contributed by atoms with Gasteiger partial charge in [0.1, 0.15) is 0 Å². The van der Waals surface area contributed by atoms with Crippen LogP contribution in [0.15, 0.2) is 30.5 Å². The molecule has 7 nitrogen and oxygen atoms in total. The Morgan fingerprint density at radius 1 is 1.23 bits per heavy atom. The molecule has 0 atom stereocenters. The second kappa shape index (κ2) is 10.3. The maximum atomic E-state index is 13.3. The molecule has 0 unspecified atom stereocenters. The first-order chi connectivity index (χ1) is 14.2. The monoisotopic (exact) mass is 449 g/mol. The van der Waals surface area contributed by atoms with Crippen LogP contribution in [0.4, 0.5) is 5.13 Å². The van der Waals surface area contributed by atoms with Crippen LogP contribution in [0.1, 0.15) is 29.9 Å². The van der Waals surface area contributed by atoms with E-state index in [4.69, 9.17) is 9.72 Å². The lowest BCUT2D eigenvalue weighted by Crippen LogP contribution is -2.43. The number of halogens is 1. The zero-order valence-corrected chi connectivity index (χ0v) is 19.0. The number of carbonyl (C=O) groups excluding carboxylic acids is 1. The van der Waals surface area contributed by atoms with Crippen molar-refractivity contribution in [2.75, 3.05) is 44.3 Å². The van der Waals surface area contributed by atoms with Crippen LogP contribution >= 0.6 is 23.7 Å². The van der Waals surface area contributed by atoms with Gasteiger partial charge in [0, 0.05) is 38.9 Å². The fourth-order valence-electron chi connectivity index (χ4n) is 3.43. The maximum absolute atomic E-state index is 13.3. The van der Waals surface area contributed by atoms with Gasteiger partial charge in [-0.1, -0.05) is 24.3 Å². The number of hydrogen-bond acceptors (Lipinski definition) is 6. The molecule has 0 spiro atoms. The molecule has 3 aromatic rings.